The van der Waals surface area contributed by atoms with Crippen LogP contribution in [0.1, 0.15) is 18.9 Å². The van der Waals surface area contributed by atoms with Crippen LogP contribution in [0.4, 0.5) is 0 Å². The van der Waals surface area contributed by atoms with Crippen LogP contribution in [-0.2, 0) is 11.3 Å². The van der Waals surface area contributed by atoms with E-state index in [1.807, 2.05) is 30.1 Å². The van der Waals surface area contributed by atoms with Crippen LogP contribution in [0.15, 0.2) is 30.3 Å². The lowest BCUT2D eigenvalue weighted by Crippen LogP contribution is -2.22. The molecule has 0 unspecified atom stereocenters. The highest BCUT2D eigenvalue weighted by Gasteiger charge is 2.06. The summed E-state index contributed by atoms with van der Waals surface area (Å²) in [6.45, 7) is 2.42. The third-order valence-electron chi connectivity index (χ3n) is 2.25. The van der Waals surface area contributed by atoms with Crippen LogP contribution in [-0.4, -0.2) is 27.8 Å². The van der Waals surface area contributed by atoms with E-state index in [1.165, 1.54) is 5.56 Å². The topological polar surface area (TPSA) is 20.3 Å². The smallest absolute Gasteiger partial charge is 0.136 e. The molecule has 0 spiro atoms. The van der Waals surface area contributed by atoms with Gasteiger partial charge in [0.1, 0.15) is 10.1 Å². The summed E-state index contributed by atoms with van der Waals surface area (Å²) >= 11 is 6.87. The summed E-state index contributed by atoms with van der Waals surface area (Å²) < 4.78 is 0.843. The SMILES string of the molecule is CC(=O)CCSC(=S)N(C)Cc1ccccc1. The summed E-state index contributed by atoms with van der Waals surface area (Å²) in [6, 6.07) is 10.2. The summed E-state index contributed by atoms with van der Waals surface area (Å²) in [5.74, 6) is 0.985. The van der Waals surface area contributed by atoms with Crippen molar-refractivity contribution >= 4 is 34.1 Å². The van der Waals surface area contributed by atoms with Crippen LogP contribution in [0, 0.1) is 0 Å². The number of thiocarbonyl (C=S) groups is 1. The highest BCUT2D eigenvalue weighted by atomic mass is 32.2. The van der Waals surface area contributed by atoms with Gasteiger partial charge < -0.3 is 4.90 Å². The number of Topliss-reactive ketones (excluding diaryl/α,β-unsaturated/α-hetero) is 1. The molecule has 0 heterocycles. The van der Waals surface area contributed by atoms with Crippen molar-refractivity contribution in [2.75, 3.05) is 12.8 Å². The molecule has 0 aromatic heterocycles. The molecule has 1 aromatic carbocycles. The molecule has 1 rings (SSSR count). The molecule has 0 bridgehead atoms. The van der Waals surface area contributed by atoms with E-state index in [4.69, 9.17) is 12.2 Å². The quantitative estimate of drug-likeness (QED) is 0.764. The molecule has 17 heavy (non-hydrogen) atoms. The van der Waals surface area contributed by atoms with E-state index in [0.717, 1.165) is 16.6 Å². The Balaban J connectivity index is 2.34. The first-order valence-electron chi connectivity index (χ1n) is 5.51. The summed E-state index contributed by atoms with van der Waals surface area (Å²) in [6.07, 6.45) is 0.587. The zero-order valence-electron chi connectivity index (χ0n) is 10.2. The number of rotatable bonds is 5. The minimum atomic E-state index is 0.214. The van der Waals surface area contributed by atoms with Crippen LogP contribution in [0.5, 0.6) is 0 Å². The fourth-order valence-electron chi connectivity index (χ4n) is 1.31. The molecule has 0 amide bonds. The normalized spacial score (nSPS) is 10.0. The molecular formula is C13H17NOS2. The zero-order valence-corrected chi connectivity index (χ0v) is 11.8. The number of benzene rings is 1. The molecule has 0 aliphatic carbocycles. The minimum absolute atomic E-state index is 0.214. The fraction of sp³-hybridized carbons (Fsp3) is 0.385. The van der Waals surface area contributed by atoms with Crippen molar-refractivity contribution in [1.29, 1.82) is 0 Å². The van der Waals surface area contributed by atoms with Gasteiger partial charge in [-0.25, -0.2) is 0 Å². The zero-order chi connectivity index (χ0) is 12.7. The van der Waals surface area contributed by atoms with Crippen molar-refractivity contribution in [2.24, 2.45) is 0 Å². The fourth-order valence-corrected chi connectivity index (χ4v) is 2.48. The largest absolute Gasteiger partial charge is 0.356 e. The third kappa shape index (κ3) is 5.84. The van der Waals surface area contributed by atoms with Crippen molar-refractivity contribution in [3.8, 4) is 0 Å². The van der Waals surface area contributed by atoms with Crippen LogP contribution in [0.2, 0.25) is 0 Å². The third-order valence-corrected chi connectivity index (χ3v) is 3.89. The van der Waals surface area contributed by atoms with Crippen molar-refractivity contribution in [3.63, 3.8) is 0 Å². The molecule has 0 fully saturated rings. The van der Waals surface area contributed by atoms with Gasteiger partial charge in [-0.1, -0.05) is 54.3 Å². The van der Waals surface area contributed by atoms with Crippen molar-refractivity contribution in [1.82, 2.24) is 4.90 Å². The summed E-state index contributed by atoms with van der Waals surface area (Å²) in [7, 11) is 1.98. The van der Waals surface area contributed by atoms with Gasteiger partial charge in [-0.3, -0.25) is 4.79 Å². The average molecular weight is 267 g/mol. The maximum absolute atomic E-state index is 10.8. The van der Waals surface area contributed by atoms with E-state index in [9.17, 15) is 4.79 Å². The van der Waals surface area contributed by atoms with E-state index in [-0.39, 0.29) is 5.78 Å². The Morgan fingerprint density at radius 2 is 2.00 bits per heavy atom. The highest BCUT2D eigenvalue weighted by molar-refractivity contribution is 8.22. The number of carbonyl (C=O) groups excluding carboxylic acids is 1. The van der Waals surface area contributed by atoms with E-state index in [2.05, 4.69) is 12.1 Å². The highest BCUT2D eigenvalue weighted by Crippen LogP contribution is 2.12. The first-order valence-corrected chi connectivity index (χ1v) is 6.90. The standard InChI is InChI=1S/C13H17NOS2/c1-11(15)8-9-17-13(16)14(2)10-12-6-4-3-5-7-12/h3-7H,8-10H2,1-2H3. The predicted octanol–water partition coefficient (Wildman–Crippen LogP) is 3.12. The van der Waals surface area contributed by atoms with E-state index >= 15 is 0 Å². The number of hydrogen-bond donors (Lipinski definition) is 0. The predicted molar refractivity (Wildman–Crippen MR) is 78.3 cm³/mol. The van der Waals surface area contributed by atoms with Crippen LogP contribution in [0.3, 0.4) is 0 Å². The lowest BCUT2D eigenvalue weighted by Gasteiger charge is -2.19. The van der Waals surface area contributed by atoms with Crippen LogP contribution < -0.4 is 0 Å². The molecule has 0 atom stereocenters. The average Bonchev–Trinajstić information content (AvgIpc) is 2.29. The summed E-state index contributed by atoms with van der Waals surface area (Å²) in [5.41, 5.74) is 1.24. The Bertz CT molecular complexity index is 378. The number of thioether (sulfide) groups is 1. The van der Waals surface area contributed by atoms with Gasteiger partial charge in [0.2, 0.25) is 0 Å². The molecule has 0 aliphatic heterocycles. The van der Waals surface area contributed by atoms with E-state index in [1.54, 1.807) is 18.7 Å². The molecule has 0 radical (unpaired) electrons. The number of carbonyl (C=O) groups is 1. The van der Waals surface area contributed by atoms with Gasteiger partial charge in [0.15, 0.2) is 0 Å². The monoisotopic (exact) mass is 267 g/mol. The first kappa shape index (κ1) is 14.2. The molecule has 92 valence electrons. The Hall–Kier alpha value is -0.870. The number of nitrogens with zero attached hydrogens (tertiary/aromatic N) is 1. The lowest BCUT2D eigenvalue weighted by molar-refractivity contribution is -0.116. The molecular weight excluding hydrogens is 250 g/mol. The van der Waals surface area contributed by atoms with Gasteiger partial charge >= 0.3 is 0 Å². The molecule has 4 heteroatoms. The van der Waals surface area contributed by atoms with Gasteiger partial charge in [0, 0.05) is 25.8 Å². The number of hydrogen-bond acceptors (Lipinski definition) is 3. The van der Waals surface area contributed by atoms with Crippen molar-refractivity contribution in [2.45, 2.75) is 19.9 Å². The Morgan fingerprint density at radius 1 is 1.35 bits per heavy atom. The summed E-state index contributed by atoms with van der Waals surface area (Å²) in [4.78, 5) is 12.9. The van der Waals surface area contributed by atoms with Gasteiger partial charge in [-0.05, 0) is 12.5 Å². The van der Waals surface area contributed by atoms with Crippen LogP contribution >= 0.6 is 24.0 Å². The minimum Gasteiger partial charge on any atom is -0.356 e. The van der Waals surface area contributed by atoms with Gasteiger partial charge in [0.05, 0.1) is 0 Å². The molecule has 0 saturated heterocycles. The second kappa shape index (κ2) is 7.45. The van der Waals surface area contributed by atoms with Gasteiger partial charge in [-0.2, -0.15) is 0 Å². The molecule has 0 saturated carbocycles. The molecule has 0 aliphatic rings. The number of ketones is 1. The maximum atomic E-state index is 10.8. The Labute approximate surface area is 112 Å². The Kier molecular flexibility index (Phi) is 6.22. The second-order valence-electron chi connectivity index (χ2n) is 3.91. The van der Waals surface area contributed by atoms with Gasteiger partial charge in [0.25, 0.3) is 0 Å². The first-order chi connectivity index (χ1) is 8.09. The molecule has 0 N–H and O–H groups in total. The molecule has 2 nitrogen and oxygen atoms in total. The van der Waals surface area contributed by atoms with Gasteiger partial charge in [-0.15, -0.1) is 0 Å². The van der Waals surface area contributed by atoms with Crippen molar-refractivity contribution < 1.29 is 4.79 Å². The second-order valence-corrected chi connectivity index (χ2v) is 5.64. The van der Waals surface area contributed by atoms with E-state index in [0.29, 0.717) is 6.42 Å². The van der Waals surface area contributed by atoms with Crippen molar-refractivity contribution in [3.05, 3.63) is 35.9 Å². The van der Waals surface area contributed by atoms with Crippen LogP contribution in [0.25, 0.3) is 0 Å². The van der Waals surface area contributed by atoms with E-state index < -0.39 is 0 Å². The molecule has 1 aromatic rings. The lowest BCUT2D eigenvalue weighted by atomic mass is 10.2. The maximum Gasteiger partial charge on any atom is 0.136 e. The Morgan fingerprint density at radius 3 is 2.59 bits per heavy atom. The summed E-state index contributed by atoms with van der Waals surface area (Å²) in [5, 5.41) is 0.